The largest absolute Gasteiger partial charge is 0.493 e. The second kappa shape index (κ2) is 8.56. The van der Waals surface area contributed by atoms with Crippen LogP contribution in [0.25, 0.3) is 0 Å². The highest BCUT2D eigenvalue weighted by Gasteiger charge is 2.14. The summed E-state index contributed by atoms with van der Waals surface area (Å²) in [6.07, 6.45) is 0.704. The van der Waals surface area contributed by atoms with E-state index in [0.717, 1.165) is 16.9 Å². The summed E-state index contributed by atoms with van der Waals surface area (Å²) in [5, 5.41) is 3.52. The summed E-state index contributed by atoms with van der Waals surface area (Å²) >= 11 is 5.90. The van der Waals surface area contributed by atoms with Crippen LogP contribution in [0.4, 0.5) is 0 Å². The van der Waals surface area contributed by atoms with Gasteiger partial charge in [-0.25, -0.2) is 0 Å². The van der Waals surface area contributed by atoms with E-state index in [1.807, 2.05) is 49.4 Å². The molecule has 0 radical (unpaired) electrons. The van der Waals surface area contributed by atoms with E-state index in [4.69, 9.17) is 22.1 Å². The minimum Gasteiger partial charge on any atom is -0.493 e. The molecule has 23 heavy (non-hydrogen) atoms. The third kappa shape index (κ3) is 5.27. The van der Waals surface area contributed by atoms with Crippen LogP contribution in [0.1, 0.15) is 23.6 Å². The molecule has 0 aliphatic rings. The fraction of sp³-hybridized carbons (Fsp3) is 0.278. The molecule has 0 bridgehead atoms. The fourth-order valence-electron chi connectivity index (χ4n) is 2.16. The number of ether oxygens (including phenoxy) is 1. The Bertz CT molecular complexity index is 647. The Morgan fingerprint density at radius 2 is 2.00 bits per heavy atom. The van der Waals surface area contributed by atoms with Gasteiger partial charge >= 0.3 is 0 Å². The molecule has 2 aromatic rings. The van der Waals surface area contributed by atoms with Crippen molar-refractivity contribution in [3.8, 4) is 5.75 Å². The molecule has 3 N–H and O–H groups in total. The van der Waals surface area contributed by atoms with Crippen LogP contribution in [0.2, 0.25) is 5.02 Å². The van der Waals surface area contributed by atoms with E-state index >= 15 is 0 Å². The van der Waals surface area contributed by atoms with Crippen LogP contribution in [0.3, 0.4) is 0 Å². The summed E-state index contributed by atoms with van der Waals surface area (Å²) in [4.78, 5) is 12.0. The monoisotopic (exact) mass is 332 g/mol. The van der Waals surface area contributed by atoms with Crippen molar-refractivity contribution < 1.29 is 9.53 Å². The van der Waals surface area contributed by atoms with E-state index in [2.05, 4.69) is 5.32 Å². The number of rotatable bonds is 7. The number of aryl methyl sites for hydroxylation is 1. The van der Waals surface area contributed by atoms with E-state index in [0.29, 0.717) is 24.6 Å². The number of halogens is 1. The van der Waals surface area contributed by atoms with Gasteiger partial charge in [0.25, 0.3) is 0 Å². The Kier molecular flexibility index (Phi) is 6.44. The Morgan fingerprint density at radius 3 is 2.70 bits per heavy atom. The van der Waals surface area contributed by atoms with Crippen molar-refractivity contribution in [1.82, 2.24) is 5.32 Å². The number of nitrogens with two attached hydrogens (primary N) is 1. The predicted molar refractivity (Wildman–Crippen MR) is 92.7 cm³/mol. The maximum absolute atomic E-state index is 12.0. The molecular formula is C18H21ClN2O2. The molecule has 1 atom stereocenters. The molecule has 0 saturated heterocycles. The molecule has 2 rings (SSSR count). The first-order valence-electron chi connectivity index (χ1n) is 7.55. The van der Waals surface area contributed by atoms with E-state index in [9.17, 15) is 4.79 Å². The predicted octanol–water partition coefficient (Wildman–Crippen LogP) is 3.23. The summed E-state index contributed by atoms with van der Waals surface area (Å²) in [5.74, 6) is 0.626. The Hall–Kier alpha value is -2.04. The number of nitrogens with one attached hydrogen (secondary N) is 1. The number of benzene rings is 2. The number of carbonyl (C=O) groups excluding carboxylic acids is 1. The van der Waals surface area contributed by atoms with Crippen molar-refractivity contribution in [2.24, 2.45) is 5.73 Å². The number of hydrogen-bond acceptors (Lipinski definition) is 3. The van der Waals surface area contributed by atoms with Crippen molar-refractivity contribution in [3.05, 3.63) is 64.7 Å². The van der Waals surface area contributed by atoms with E-state index in [-0.39, 0.29) is 5.91 Å². The van der Waals surface area contributed by atoms with Crippen LogP contribution < -0.4 is 15.8 Å². The van der Waals surface area contributed by atoms with Gasteiger partial charge in [0.1, 0.15) is 11.8 Å². The van der Waals surface area contributed by atoms with Crippen molar-refractivity contribution in [2.45, 2.75) is 19.4 Å². The van der Waals surface area contributed by atoms with Crippen LogP contribution in [0.15, 0.2) is 48.5 Å². The highest BCUT2D eigenvalue weighted by atomic mass is 35.5. The molecule has 0 aliphatic carbocycles. The Labute approximate surface area is 141 Å². The summed E-state index contributed by atoms with van der Waals surface area (Å²) in [7, 11) is 0. The molecule has 1 unspecified atom stereocenters. The van der Waals surface area contributed by atoms with Gasteiger partial charge in [0.05, 0.1) is 6.61 Å². The molecule has 0 saturated carbocycles. The molecule has 4 nitrogen and oxygen atoms in total. The third-order valence-electron chi connectivity index (χ3n) is 3.46. The van der Waals surface area contributed by atoms with Gasteiger partial charge in [-0.05, 0) is 42.7 Å². The molecule has 0 aromatic heterocycles. The van der Waals surface area contributed by atoms with Crippen LogP contribution in [-0.4, -0.2) is 19.1 Å². The lowest BCUT2D eigenvalue weighted by atomic mass is 10.1. The average Bonchev–Trinajstić information content (AvgIpc) is 2.56. The lowest BCUT2D eigenvalue weighted by Crippen LogP contribution is -2.35. The maximum atomic E-state index is 12.0. The fourth-order valence-corrected chi connectivity index (χ4v) is 2.39. The Balaban J connectivity index is 1.70. The van der Waals surface area contributed by atoms with Crippen LogP contribution in [-0.2, 0) is 4.79 Å². The lowest BCUT2D eigenvalue weighted by Gasteiger charge is -2.13. The second-order valence-electron chi connectivity index (χ2n) is 5.29. The average molecular weight is 333 g/mol. The molecule has 0 heterocycles. The standard InChI is InChI=1S/C18H21ClN2O2/c1-13-12-15(19)8-9-16(13)23-11-5-10-21-18(22)17(20)14-6-3-2-4-7-14/h2-4,6-9,12,17H,5,10-11,20H2,1H3,(H,21,22). The van der Waals surface area contributed by atoms with Gasteiger partial charge in [-0.2, -0.15) is 0 Å². The topological polar surface area (TPSA) is 64.3 Å². The van der Waals surface area contributed by atoms with E-state index < -0.39 is 6.04 Å². The maximum Gasteiger partial charge on any atom is 0.241 e. The van der Waals surface area contributed by atoms with Gasteiger partial charge in [-0.15, -0.1) is 0 Å². The summed E-state index contributed by atoms with van der Waals surface area (Å²) in [6.45, 7) is 2.98. The number of hydrogen-bond donors (Lipinski definition) is 2. The summed E-state index contributed by atoms with van der Waals surface area (Å²) in [6, 6.07) is 14.2. The molecule has 2 aromatic carbocycles. The van der Waals surface area contributed by atoms with Gasteiger partial charge in [0, 0.05) is 11.6 Å². The summed E-state index contributed by atoms with van der Waals surface area (Å²) < 4.78 is 5.68. The SMILES string of the molecule is Cc1cc(Cl)ccc1OCCCNC(=O)C(N)c1ccccc1. The minimum absolute atomic E-state index is 0.182. The highest BCUT2D eigenvalue weighted by molar-refractivity contribution is 6.30. The molecule has 5 heteroatoms. The first-order chi connectivity index (χ1) is 11.1. The number of amides is 1. The number of carbonyl (C=O) groups is 1. The van der Waals surface area contributed by atoms with E-state index in [1.54, 1.807) is 6.07 Å². The molecule has 122 valence electrons. The zero-order valence-corrected chi connectivity index (χ0v) is 13.8. The van der Waals surface area contributed by atoms with Gasteiger partial charge in [-0.1, -0.05) is 41.9 Å². The zero-order chi connectivity index (χ0) is 16.7. The highest BCUT2D eigenvalue weighted by Crippen LogP contribution is 2.21. The van der Waals surface area contributed by atoms with Crippen LogP contribution in [0.5, 0.6) is 5.75 Å². The van der Waals surface area contributed by atoms with Gasteiger partial charge in [0.15, 0.2) is 0 Å². The molecular weight excluding hydrogens is 312 g/mol. The first-order valence-corrected chi connectivity index (χ1v) is 7.93. The van der Waals surface area contributed by atoms with Crippen molar-refractivity contribution in [3.63, 3.8) is 0 Å². The van der Waals surface area contributed by atoms with Crippen molar-refractivity contribution in [1.29, 1.82) is 0 Å². The zero-order valence-electron chi connectivity index (χ0n) is 13.1. The lowest BCUT2D eigenvalue weighted by molar-refractivity contribution is -0.122. The molecule has 0 spiro atoms. The van der Waals surface area contributed by atoms with Gasteiger partial charge < -0.3 is 15.8 Å². The van der Waals surface area contributed by atoms with Crippen LogP contribution in [0, 0.1) is 6.92 Å². The molecule has 0 aliphatic heterocycles. The Morgan fingerprint density at radius 1 is 1.26 bits per heavy atom. The minimum atomic E-state index is -0.643. The van der Waals surface area contributed by atoms with Crippen molar-refractivity contribution >= 4 is 17.5 Å². The molecule has 0 fully saturated rings. The first kappa shape index (κ1) is 17.3. The molecule has 1 amide bonds. The van der Waals surface area contributed by atoms with E-state index in [1.165, 1.54) is 0 Å². The smallest absolute Gasteiger partial charge is 0.241 e. The van der Waals surface area contributed by atoms with Crippen LogP contribution >= 0.6 is 11.6 Å². The second-order valence-corrected chi connectivity index (χ2v) is 5.73. The van der Waals surface area contributed by atoms with Crippen molar-refractivity contribution in [2.75, 3.05) is 13.2 Å². The normalized spacial score (nSPS) is 11.8. The van der Waals surface area contributed by atoms with Gasteiger partial charge in [-0.3, -0.25) is 4.79 Å². The van der Waals surface area contributed by atoms with Gasteiger partial charge in [0.2, 0.25) is 5.91 Å². The third-order valence-corrected chi connectivity index (χ3v) is 3.69. The quantitative estimate of drug-likeness (QED) is 0.765. The summed E-state index contributed by atoms with van der Waals surface area (Å²) in [5.41, 5.74) is 7.72.